The van der Waals surface area contributed by atoms with Crippen LogP contribution in [0.15, 0.2) is 46.7 Å². The lowest BCUT2D eigenvalue weighted by Gasteiger charge is -2.33. The second-order valence-corrected chi connectivity index (χ2v) is 10.4. The molecule has 2 heterocycles. The Morgan fingerprint density at radius 3 is 2.53 bits per heavy atom. The first-order chi connectivity index (χ1) is 14.3. The number of halogens is 2. The highest BCUT2D eigenvalue weighted by molar-refractivity contribution is 7.89. The number of rotatable bonds is 4. The average Bonchev–Trinajstić information content (AvgIpc) is 3.20. The fraction of sp³-hybridized carbons (Fsp3) is 0.286. The quantitative estimate of drug-likeness (QED) is 0.559. The molecule has 1 aliphatic rings. The molecular weight excluding hydrogens is 445 g/mol. The molecule has 0 atom stereocenters. The molecule has 1 fully saturated rings. The van der Waals surface area contributed by atoms with Gasteiger partial charge in [-0.05, 0) is 43.2 Å². The number of piperazine rings is 1. The summed E-state index contributed by atoms with van der Waals surface area (Å²) in [6, 6.07) is 9.53. The van der Waals surface area contributed by atoms with E-state index in [1.807, 2.05) is 11.4 Å². The second-order valence-electron chi connectivity index (χ2n) is 7.23. The van der Waals surface area contributed by atoms with E-state index in [-0.39, 0.29) is 9.92 Å². The van der Waals surface area contributed by atoms with Gasteiger partial charge < -0.3 is 4.90 Å². The van der Waals surface area contributed by atoms with E-state index in [1.165, 1.54) is 21.5 Å². The molecule has 1 aromatic heterocycles. The van der Waals surface area contributed by atoms with Crippen LogP contribution in [-0.4, -0.2) is 43.9 Å². The summed E-state index contributed by atoms with van der Waals surface area (Å²) in [5, 5.41) is 2.82. The Kier molecular flexibility index (Phi) is 5.85. The van der Waals surface area contributed by atoms with E-state index in [2.05, 4.69) is 30.9 Å². The van der Waals surface area contributed by atoms with Gasteiger partial charge in [0, 0.05) is 37.1 Å². The fourth-order valence-electron chi connectivity index (χ4n) is 3.51. The Balaban J connectivity index is 1.49. The number of anilines is 1. The van der Waals surface area contributed by atoms with Crippen molar-refractivity contribution in [1.82, 2.24) is 9.29 Å². The molecule has 9 heteroatoms. The first-order valence-corrected chi connectivity index (χ1v) is 12.2. The van der Waals surface area contributed by atoms with Gasteiger partial charge in [0.2, 0.25) is 10.0 Å². The van der Waals surface area contributed by atoms with Crippen LogP contribution in [0.25, 0.3) is 11.3 Å². The topological polar surface area (TPSA) is 53.5 Å². The highest BCUT2D eigenvalue weighted by atomic mass is 35.5. The number of nitrogens with zero attached hydrogens (tertiary/aromatic N) is 3. The summed E-state index contributed by atoms with van der Waals surface area (Å²) in [6.07, 6.45) is 0. The van der Waals surface area contributed by atoms with Gasteiger partial charge in [0.05, 0.1) is 10.7 Å². The molecule has 30 heavy (non-hydrogen) atoms. The van der Waals surface area contributed by atoms with Crippen LogP contribution in [0.2, 0.25) is 5.02 Å². The number of hydrogen-bond donors (Lipinski definition) is 0. The van der Waals surface area contributed by atoms with Gasteiger partial charge in [0.15, 0.2) is 5.13 Å². The Morgan fingerprint density at radius 2 is 1.83 bits per heavy atom. The molecule has 0 radical (unpaired) electrons. The van der Waals surface area contributed by atoms with Crippen LogP contribution in [0.4, 0.5) is 9.52 Å². The number of aromatic nitrogens is 1. The predicted molar refractivity (Wildman–Crippen MR) is 119 cm³/mol. The normalized spacial score (nSPS) is 15.5. The third-order valence-corrected chi connectivity index (χ3v) is 8.68. The second kappa shape index (κ2) is 8.26. The van der Waals surface area contributed by atoms with Gasteiger partial charge in [0.1, 0.15) is 10.7 Å². The van der Waals surface area contributed by atoms with Crippen LogP contribution in [-0.2, 0) is 10.0 Å². The van der Waals surface area contributed by atoms with Crippen molar-refractivity contribution in [2.75, 3.05) is 31.1 Å². The van der Waals surface area contributed by atoms with Crippen molar-refractivity contribution in [2.24, 2.45) is 0 Å². The average molecular weight is 466 g/mol. The maximum atomic E-state index is 13.3. The summed E-state index contributed by atoms with van der Waals surface area (Å²) in [7, 11) is -3.77. The lowest BCUT2D eigenvalue weighted by molar-refractivity contribution is 0.384. The number of thiazole rings is 1. The third-order valence-electron chi connectivity index (χ3n) is 5.39. The minimum Gasteiger partial charge on any atom is -0.345 e. The van der Waals surface area contributed by atoms with Crippen molar-refractivity contribution in [1.29, 1.82) is 0 Å². The van der Waals surface area contributed by atoms with Crippen molar-refractivity contribution < 1.29 is 12.8 Å². The number of hydrogen-bond acceptors (Lipinski definition) is 5. The molecule has 0 bridgehead atoms. The number of benzene rings is 2. The Hall–Kier alpha value is -2.00. The molecule has 0 spiro atoms. The van der Waals surface area contributed by atoms with E-state index in [1.54, 1.807) is 11.3 Å². The first-order valence-electron chi connectivity index (χ1n) is 9.49. The Bertz CT molecular complexity index is 1190. The Labute approximate surface area is 184 Å². The van der Waals surface area contributed by atoms with Crippen molar-refractivity contribution in [3.63, 3.8) is 0 Å². The van der Waals surface area contributed by atoms with E-state index < -0.39 is 15.8 Å². The van der Waals surface area contributed by atoms with Gasteiger partial charge in [-0.3, -0.25) is 0 Å². The van der Waals surface area contributed by atoms with Gasteiger partial charge in [-0.1, -0.05) is 29.8 Å². The van der Waals surface area contributed by atoms with Crippen molar-refractivity contribution in [3.8, 4) is 11.3 Å². The molecule has 1 aliphatic heterocycles. The summed E-state index contributed by atoms with van der Waals surface area (Å²) < 4.78 is 40.5. The molecule has 158 valence electrons. The van der Waals surface area contributed by atoms with Crippen molar-refractivity contribution in [2.45, 2.75) is 18.7 Å². The van der Waals surface area contributed by atoms with Crippen LogP contribution < -0.4 is 4.90 Å². The zero-order valence-corrected chi connectivity index (χ0v) is 19.0. The molecule has 2 aromatic carbocycles. The maximum absolute atomic E-state index is 13.3. The Morgan fingerprint density at radius 1 is 1.10 bits per heavy atom. The summed E-state index contributed by atoms with van der Waals surface area (Å²) in [6.45, 7) is 5.85. The summed E-state index contributed by atoms with van der Waals surface area (Å²) in [5.41, 5.74) is 4.48. The van der Waals surface area contributed by atoms with E-state index >= 15 is 0 Å². The zero-order valence-electron chi connectivity index (χ0n) is 16.6. The lowest BCUT2D eigenvalue weighted by atomic mass is 10.0. The van der Waals surface area contributed by atoms with Crippen LogP contribution >= 0.6 is 22.9 Å². The smallest absolute Gasteiger partial charge is 0.244 e. The fourth-order valence-corrected chi connectivity index (χ4v) is 6.31. The highest BCUT2D eigenvalue weighted by Gasteiger charge is 2.31. The van der Waals surface area contributed by atoms with Crippen LogP contribution in [0.1, 0.15) is 11.1 Å². The minimum absolute atomic E-state index is 0.0644. The molecule has 0 unspecified atom stereocenters. The van der Waals surface area contributed by atoms with Crippen LogP contribution in [0, 0.1) is 19.7 Å². The van der Waals surface area contributed by atoms with Gasteiger partial charge in [-0.25, -0.2) is 17.8 Å². The van der Waals surface area contributed by atoms with E-state index in [4.69, 9.17) is 16.6 Å². The molecule has 1 saturated heterocycles. The predicted octanol–water partition coefficient (Wildman–Crippen LogP) is 4.73. The highest BCUT2D eigenvalue weighted by Crippen LogP contribution is 2.32. The monoisotopic (exact) mass is 465 g/mol. The van der Waals surface area contributed by atoms with Crippen molar-refractivity contribution >= 4 is 38.1 Å². The first kappa shape index (κ1) is 21.2. The molecule has 5 nitrogen and oxygen atoms in total. The summed E-state index contributed by atoms with van der Waals surface area (Å²) in [5.74, 6) is -0.563. The standard InChI is InChI=1S/C21H21ClFN3O2S2/c1-14-4-3-5-17(15(14)2)19-13-29-21(24-19)25-8-10-26(11-9-25)30(27,28)20-7-6-16(23)12-18(20)22/h3-7,12-13H,8-11H2,1-2H3. The van der Waals surface area contributed by atoms with Gasteiger partial charge in [-0.2, -0.15) is 4.31 Å². The third kappa shape index (κ3) is 3.97. The molecule has 0 N–H and O–H groups in total. The zero-order chi connectivity index (χ0) is 21.5. The lowest BCUT2D eigenvalue weighted by Crippen LogP contribution is -2.48. The maximum Gasteiger partial charge on any atom is 0.244 e. The molecule has 0 saturated carbocycles. The van der Waals surface area contributed by atoms with E-state index in [0.717, 1.165) is 28.5 Å². The SMILES string of the molecule is Cc1cccc(-c2csc(N3CCN(S(=O)(=O)c4ccc(F)cc4Cl)CC3)n2)c1C. The molecule has 0 amide bonds. The molecular formula is C21H21ClFN3O2S2. The minimum atomic E-state index is -3.77. The largest absolute Gasteiger partial charge is 0.345 e. The number of sulfonamides is 1. The van der Waals surface area contributed by atoms with Crippen LogP contribution in [0.3, 0.4) is 0 Å². The summed E-state index contributed by atoms with van der Waals surface area (Å²) >= 11 is 7.54. The van der Waals surface area contributed by atoms with Gasteiger partial charge in [-0.15, -0.1) is 11.3 Å². The summed E-state index contributed by atoms with van der Waals surface area (Å²) in [4.78, 5) is 6.82. The van der Waals surface area contributed by atoms with Crippen molar-refractivity contribution in [3.05, 3.63) is 63.7 Å². The van der Waals surface area contributed by atoms with Gasteiger partial charge >= 0.3 is 0 Å². The van der Waals surface area contributed by atoms with E-state index in [0.29, 0.717) is 26.2 Å². The van der Waals surface area contributed by atoms with Crippen LogP contribution in [0.5, 0.6) is 0 Å². The molecule has 3 aromatic rings. The molecule has 4 rings (SSSR count). The number of aryl methyl sites for hydroxylation is 1. The van der Waals surface area contributed by atoms with E-state index in [9.17, 15) is 12.8 Å². The molecule has 0 aliphatic carbocycles. The van der Waals surface area contributed by atoms with Gasteiger partial charge in [0.25, 0.3) is 0 Å².